The van der Waals surface area contributed by atoms with Crippen LogP contribution in [0.2, 0.25) is 5.02 Å². The van der Waals surface area contributed by atoms with Gasteiger partial charge < -0.3 is 19.9 Å². The number of nitrogens with one attached hydrogen (secondary N) is 2. The Hall–Kier alpha value is -3.04. The lowest BCUT2D eigenvalue weighted by atomic mass is 10.1. The van der Waals surface area contributed by atoms with Crippen LogP contribution in [0.15, 0.2) is 47.6 Å². The number of carbonyl (C=O) groups is 2. The molecule has 0 bridgehead atoms. The van der Waals surface area contributed by atoms with Gasteiger partial charge in [0.1, 0.15) is 5.75 Å². The monoisotopic (exact) mass is 473 g/mol. The fraction of sp³-hybridized carbons (Fsp3) is 0.273. The molecule has 0 aliphatic heterocycles. The number of nitrogens with zero attached hydrogens (tertiary/aromatic N) is 3. The van der Waals surface area contributed by atoms with Crippen LogP contribution in [-0.2, 0) is 11.8 Å². The minimum atomic E-state index is -0.362. The molecule has 1 atom stereocenters. The quantitative estimate of drug-likeness (QED) is 0.480. The molecule has 2 aromatic carbocycles. The minimum absolute atomic E-state index is 0.117. The molecule has 0 saturated heterocycles. The Morgan fingerprint density at radius 2 is 1.97 bits per heavy atom. The summed E-state index contributed by atoms with van der Waals surface area (Å²) in [4.78, 5) is 25.0. The molecule has 168 valence electrons. The van der Waals surface area contributed by atoms with Crippen molar-refractivity contribution in [3.63, 3.8) is 0 Å². The lowest BCUT2D eigenvalue weighted by Gasteiger charge is -2.14. The highest BCUT2D eigenvalue weighted by Crippen LogP contribution is 2.28. The number of methoxy groups -OCH3 is 1. The summed E-state index contributed by atoms with van der Waals surface area (Å²) < 4.78 is 7.01. The van der Waals surface area contributed by atoms with Crippen LogP contribution in [0, 0.1) is 6.92 Å². The summed E-state index contributed by atoms with van der Waals surface area (Å²) in [5, 5.41) is 15.1. The molecule has 3 aromatic rings. The second-order valence-corrected chi connectivity index (χ2v) is 8.47. The fourth-order valence-electron chi connectivity index (χ4n) is 3.09. The lowest BCUT2D eigenvalue weighted by Crippen LogP contribution is -2.29. The van der Waals surface area contributed by atoms with E-state index >= 15 is 0 Å². The van der Waals surface area contributed by atoms with Gasteiger partial charge >= 0.3 is 0 Å². The molecular weight excluding hydrogens is 450 g/mol. The smallest absolute Gasteiger partial charge is 0.252 e. The number of ether oxygens (including phenoxy) is 1. The van der Waals surface area contributed by atoms with Crippen LogP contribution in [0.25, 0.3) is 0 Å². The molecule has 32 heavy (non-hydrogen) atoms. The van der Waals surface area contributed by atoms with Crippen LogP contribution in [0.1, 0.15) is 34.7 Å². The lowest BCUT2D eigenvalue weighted by molar-refractivity contribution is -0.113. The topological polar surface area (TPSA) is 98.1 Å². The molecule has 1 heterocycles. The van der Waals surface area contributed by atoms with Crippen molar-refractivity contribution < 1.29 is 14.3 Å². The van der Waals surface area contributed by atoms with E-state index in [1.807, 2.05) is 32.0 Å². The third-order valence-corrected chi connectivity index (χ3v) is 6.02. The van der Waals surface area contributed by atoms with E-state index in [0.29, 0.717) is 33.0 Å². The number of aryl methyl sites for hydroxylation is 1. The standard InChI is InChI=1S/C22H24ClN5O3S/c1-13-7-5-6-8-16(13)21(30)24-14(2)20-26-27-22(28(20)3)32-12-19(29)25-17-11-15(23)9-10-18(17)31-4/h5-11,14H,12H2,1-4H3,(H,24,30)(H,25,29)/t14-/m1/s1. The van der Waals surface area contributed by atoms with Gasteiger partial charge in [-0.25, -0.2) is 0 Å². The first-order valence-electron chi connectivity index (χ1n) is 9.82. The zero-order valence-corrected chi connectivity index (χ0v) is 19.8. The molecule has 0 aliphatic carbocycles. The maximum atomic E-state index is 12.6. The van der Waals surface area contributed by atoms with Crippen LogP contribution in [0.3, 0.4) is 0 Å². The second-order valence-electron chi connectivity index (χ2n) is 7.09. The Labute approximate surface area is 195 Å². The first-order valence-corrected chi connectivity index (χ1v) is 11.2. The molecule has 2 N–H and O–H groups in total. The third-order valence-electron chi connectivity index (χ3n) is 4.76. The Morgan fingerprint density at radius 3 is 2.69 bits per heavy atom. The van der Waals surface area contributed by atoms with Gasteiger partial charge in [0.2, 0.25) is 5.91 Å². The van der Waals surface area contributed by atoms with Gasteiger partial charge in [-0.2, -0.15) is 0 Å². The molecule has 0 saturated carbocycles. The molecule has 0 unspecified atom stereocenters. The fourth-order valence-corrected chi connectivity index (χ4v) is 3.98. The maximum absolute atomic E-state index is 12.6. The summed E-state index contributed by atoms with van der Waals surface area (Å²) in [7, 11) is 3.32. The molecule has 8 nitrogen and oxygen atoms in total. The average Bonchev–Trinajstić information content (AvgIpc) is 3.13. The molecule has 0 fully saturated rings. The molecule has 0 spiro atoms. The summed E-state index contributed by atoms with van der Waals surface area (Å²) in [6, 6.07) is 12.0. The Bertz CT molecular complexity index is 1130. The van der Waals surface area contributed by atoms with E-state index < -0.39 is 0 Å². The highest BCUT2D eigenvalue weighted by atomic mass is 35.5. The highest BCUT2D eigenvalue weighted by Gasteiger charge is 2.20. The molecular formula is C22H24ClN5O3S. The van der Waals surface area contributed by atoms with Crippen molar-refractivity contribution in [2.45, 2.75) is 25.0 Å². The third kappa shape index (κ3) is 5.60. The number of rotatable bonds is 8. The van der Waals surface area contributed by atoms with Crippen molar-refractivity contribution in [1.82, 2.24) is 20.1 Å². The molecule has 1 aromatic heterocycles. The van der Waals surface area contributed by atoms with Crippen molar-refractivity contribution in [3.8, 4) is 5.75 Å². The summed E-state index contributed by atoms with van der Waals surface area (Å²) in [5.74, 6) is 0.813. The largest absolute Gasteiger partial charge is 0.495 e. The summed E-state index contributed by atoms with van der Waals surface area (Å²) in [6.07, 6.45) is 0. The molecule has 2 amide bonds. The van der Waals surface area contributed by atoms with Crippen molar-refractivity contribution in [3.05, 3.63) is 64.4 Å². The maximum Gasteiger partial charge on any atom is 0.252 e. The summed E-state index contributed by atoms with van der Waals surface area (Å²) >= 11 is 7.24. The zero-order chi connectivity index (χ0) is 23.3. The minimum Gasteiger partial charge on any atom is -0.495 e. The highest BCUT2D eigenvalue weighted by molar-refractivity contribution is 7.99. The van der Waals surface area contributed by atoms with E-state index in [4.69, 9.17) is 16.3 Å². The summed E-state index contributed by atoms with van der Waals surface area (Å²) in [5.41, 5.74) is 2.01. The molecule has 0 radical (unpaired) electrons. The average molecular weight is 474 g/mol. The number of anilines is 1. The number of carbonyl (C=O) groups excluding carboxylic acids is 2. The Kier molecular flexibility index (Phi) is 7.76. The van der Waals surface area contributed by atoms with Crippen molar-refractivity contribution in [2.24, 2.45) is 7.05 Å². The Balaban J connectivity index is 1.61. The van der Waals surface area contributed by atoms with Gasteiger partial charge in [-0.05, 0) is 43.7 Å². The zero-order valence-electron chi connectivity index (χ0n) is 18.2. The predicted molar refractivity (Wildman–Crippen MR) is 125 cm³/mol. The number of aromatic nitrogens is 3. The van der Waals surface area contributed by atoms with Crippen molar-refractivity contribution in [1.29, 1.82) is 0 Å². The number of hydrogen-bond acceptors (Lipinski definition) is 6. The van der Waals surface area contributed by atoms with Crippen LogP contribution < -0.4 is 15.4 Å². The number of halogens is 1. The van der Waals surface area contributed by atoms with Crippen LogP contribution in [-0.4, -0.2) is 39.4 Å². The van der Waals surface area contributed by atoms with Gasteiger partial charge in [-0.15, -0.1) is 10.2 Å². The first kappa shape index (κ1) is 23.6. The van der Waals surface area contributed by atoms with Gasteiger partial charge in [0.25, 0.3) is 5.91 Å². The van der Waals surface area contributed by atoms with E-state index in [1.165, 1.54) is 18.9 Å². The molecule has 3 rings (SSSR count). The van der Waals surface area contributed by atoms with Gasteiger partial charge in [-0.1, -0.05) is 41.6 Å². The van der Waals surface area contributed by atoms with Gasteiger partial charge in [0, 0.05) is 17.6 Å². The Morgan fingerprint density at radius 1 is 1.22 bits per heavy atom. The normalized spacial score (nSPS) is 11.7. The van der Waals surface area contributed by atoms with Crippen LogP contribution in [0.5, 0.6) is 5.75 Å². The van der Waals surface area contributed by atoms with E-state index in [9.17, 15) is 9.59 Å². The second kappa shape index (κ2) is 10.5. The molecule has 10 heteroatoms. The van der Waals surface area contributed by atoms with Crippen LogP contribution in [0.4, 0.5) is 5.69 Å². The van der Waals surface area contributed by atoms with Gasteiger partial charge in [0.05, 0.1) is 24.6 Å². The van der Waals surface area contributed by atoms with E-state index in [-0.39, 0.29) is 23.6 Å². The van der Waals surface area contributed by atoms with Crippen molar-refractivity contribution >= 4 is 40.9 Å². The van der Waals surface area contributed by atoms with E-state index in [2.05, 4.69) is 20.8 Å². The number of hydrogen-bond donors (Lipinski definition) is 2. The number of benzene rings is 2. The number of amides is 2. The SMILES string of the molecule is COc1ccc(Cl)cc1NC(=O)CSc1nnc([C@@H](C)NC(=O)c2ccccc2C)n1C. The van der Waals surface area contributed by atoms with Crippen molar-refractivity contribution in [2.75, 3.05) is 18.2 Å². The molecule has 0 aliphatic rings. The first-order chi connectivity index (χ1) is 15.3. The van der Waals surface area contributed by atoms with E-state index in [1.54, 1.807) is 35.9 Å². The predicted octanol–water partition coefficient (Wildman–Crippen LogP) is 4.01. The van der Waals surface area contributed by atoms with E-state index in [0.717, 1.165) is 5.56 Å². The van der Waals surface area contributed by atoms with Gasteiger partial charge in [0.15, 0.2) is 11.0 Å². The summed E-state index contributed by atoms with van der Waals surface area (Å²) in [6.45, 7) is 3.73. The van der Waals surface area contributed by atoms with Crippen LogP contribution >= 0.6 is 23.4 Å². The van der Waals surface area contributed by atoms with Gasteiger partial charge in [-0.3, -0.25) is 9.59 Å². The number of thioether (sulfide) groups is 1.